The summed E-state index contributed by atoms with van der Waals surface area (Å²) in [5.74, 6) is 1.51. The molecule has 2 aromatic carbocycles. The summed E-state index contributed by atoms with van der Waals surface area (Å²) >= 11 is 0. The van der Waals surface area contributed by atoms with Crippen LogP contribution >= 0.6 is 0 Å². The Bertz CT molecular complexity index is 1220. The minimum absolute atomic E-state index is 0.116. The van der Waals surface area contributed by atoms with E-state index in [1.165, 1.54) is 0 Å². The SMILES string of the molecule is [2H]CC(C)NC(=O)[C@H](C)Nc1nc2ccccc2c2nc(-c3ccc(OC)cc3)nn12. The highest BCUT2D eigenvalue weighted by Crippen LogP contribution is 2.25. The van der Waals surface area contributed by atoms with Crippen LogP contribution in [-0.4, -0.2) is 44.7 Å². The summed E-state index contributed by atoms with van der Waals surface area (Å²) in [5.41, 5.74) is 2.24. The monoisotopic (exact) mass is 405 g/mol. The Morgan fingerprint density at radius 2 is 1.90 bits per heavy atom. The van der Waals surface area contributed by atoms with Gasteiger partial charge in [-0.2, -0.15) is 4.52 Å². The van der Waals surface area contributed by atoms with Crippen molar-refractivity contribution in [3.63, 3.8) is 0 Å². The van der Waals surface area contributed by atoms with E-state index in [-0.39, 0.29) is 18.8 Å². The molecule has 0 aliphatic rings. The van der Waals surface area contributed by atoms with Gasteiger partial charge in [0.2, 0.25) is 11.9 Å². The highest BCUT2D eigenvalue weighted by molar-refractivity contribution is 5.93. The number of hydrogen-bond donors (Lipinski definition) is 2. The molecule has 1 unspecified atom stereocenters. The number of ether oxygens (including phenoxy) is 1. The first kappa shape index (κ1) is 18.4. The molecule has 0 aliphatic carbocycles. The number of amides is 1. The van der Waals surface area contributed by atoms with Gasteiger partial charge in [0.25, 0.3) is 0 Å². The van der Waals surface area contributed by atoms with Crippen molar-refractivity contribution in [1.82, 2.24) is 24.9 Å². The Morgan fingerprint density at radius 1 is 1.13 bits per heavy atom. The fraction of sp³-hybridized carbons (Fsp3) is 0.273. The van der Waals surface area contributed by atoms with Crippen molar-refractivity contribution < 1.29 is 10.9 Å². The summed E-state index contributed by atoms with van der Waals surface area (Å²) in [4.78, 5) is 21.9. The van der Waals surface area contributed by atoms with Gasteiger partial charge >= 0.3 is 0 Å². The van der Waals surface area contributed by atoms with Crippen LogP contribution in [-0.2, 0) is 4.79 Å². The van der Waals surface area contributed by atoms with Crippen molar-refractivity contribution in [3.8, 4) is 17.1 Å². The van der Waals surface area contributed by atoms with Gasteiger partial charge in [0.05, 0.1) is 12.6 Å². The third kappa shape index (κ3) is 3.76. The number of methoxy groups -OCH3 is 1. The molecule has 0 spiro atoms. The molecular weight excluding hydrogens is 380 g/mol. The molecule has 2 atom stereocenters. The van der Waals surface area contributed by atoms with Gasteiger partial charge < -0.3 is 15.4 Å². The van der Waals surface area contributed by atoms with E-state index in [9.17, 15) is 4.79 Å². The molecule has 0 fully saturated rings. The number of carbonyl (C=O) groups excluding carboxylic acids is 1. The van der Waals surface area contributed by atoms with Crippen LogP contribution < -0.4 is 15.4 Å². The van der Waals surface area contributed by atoms with E-state index < -0.39 is 6.04 Å². The molecule has 8 nitrogen and oxygen atoms in total. The Balaban J connectivity index is 1.76. The second-order valence-electron chi connectivity index (χ2n) is 7.13. The number of anilines is 1. The Hall–Kier alpha value is -3.68. The van der Waals surface area contributed by atoms with Crippen LogP contribution in [0.15, 0.2) is 48.5 Å². The molecule has 0 bridgehead atoms. The van der Waals surface area contributed by atoms with E-state index in [1.807, 2.05) is 48.5 Å². The molecule has 2 aromatic heterocycles. The zero-order valence-corrected chi connectivity index (χ0v) is 17.1. The number of para-hydroxylation sites is 1. The molecular formula is C22H24N6O2. The third-order valence-corrected chi connectivity index (χ3v) is 4.65. The van der Waals surface area contributed by atoms with Gasteiger partial charge in [0, 0.05) is 18.4 Å². The van der Waals surface area contributed by atoms with Crippen molar-refractivity contribution in [2.24, 2.45) is 0 Å². The maximum atomic E-state index is 12.5. The van der Waals surface area contributed by atoms with Crippen molar-refractivity contribution >= 4 is 28.4 Å². The summed E-state index contributed by atoms with van der Waals surface area (Å²) in [5, 5.41) is 11.5. The van der Waals surface area contributed by atoms with Crippen LogP contribution in [0, 0.1) is 0 Å². The topological polar surface area (TPSA) is 93.4 Å². The van der Waals surface area contributed by atoms with Crippen LogP contribution in [0.5, 0.6) is 5.75 Å². The summed E-state index contributed by atoms with van der Waals surface area (Å²) in [6.45, 7) is 3.66. The summed E-state index contributed by atoms with van der Waals surface area (Å²) in [6.07, 6.45) is 0. The molecule has 0 radical (unpaired) electrons. The fourth-order valence-corrected chi connectivity index (χ4v) is 3.14. The van der Waals surface area contributed by atoms with Crippen molar-refractivity contribution in [2.45, 2.75) is 32.8 Å². The summed E-state index contributed by atoms with van der Waals surface area (Å²) in [6, 6.07) is 14.4. The predicted molar refractivity (Wildman–Crippen MR) is 117 cm³/mol. The Labute approximate surface area is 175 Å². The number of hydrogen-bond acceptors (Lipinski definition) is 6. The average molecular weight is 405 g/mol. The standard InChI is InChI=1S/C22H24N6O2/c1-13(2)23-21(29)14(3)24-22-25-18-8-6-5-7-17(18)20-26-19(27-28(20)22)15-9-11-16(30-4)12-10-15/h5-14H,1-4H3,(H,23,29)(H,24,25)/t14-/m0/s1/i1D/t13?,14-. The minimum Gasteiger partial charge on any atom is -0.497 e. The van der Waals surface area contributed by atoms with Gasteiger partial charge in [0.15, 0.2) is 11.5 Å². The molecule has 0 saturated carbocycles. The van der Waals surface area contributed by atoms with Gasteiger partial charge in [0.1, 0.15) is 11.8 Å². The van der Waals surface area contributed by atoms with E-state index in [4.69, 9.17) is 11.1 Å². The molecule has 0 aliphatic heterocycles. The molecule has 4 rings (SSSR count). The van der Waals surface area contributed by atoms with Gasteiger partial charge in [-0.1, -0.05) is 12.1 Å². The smallest absolute Gasteiger partial charge is 0.242 e. The van der Waals surface area contributed by atoms with E-state index in [0.29, 0.717) is 17.4 Å². The molecule has 0 saturated heterocycles. The number of rotatable bonds is 6. The Kier molecular flexibility index (Phi) is 4.88. The largest absolute Gasteiger partial charge is 0.497 e. The second-order valence-corrected chi connectivity index (χ2v) is 7.13. The van der Waals surface area contributed by atoms with E-state index in [2.05, 4.69) is 20.7 Å². The van der Waals surface area contributed by atoms with Crippen LogP contribution in [0.25, 0.3) is 27.9 Å². The zero-order valence-electron chi connectivity index (χ0n) is 18.1. The lowest BCUT2D eigenvalue weighted by atomic mass is 10.2. The molecule has 4 aromatic rings. The molecule has 8 heteroatoms. The lowest BCUT2D eigenvalue weighted by Crippen LogP contribution is -2.41. The zero-order chi connectivity index (χ0) is 22.0. The lowest BCUT2D eigenvalue weighted by molar-refractivity contribution is -0.122. The number of nitrogens with one attached hydrogen (secondary N) is 2. The molecule has 1 amide bonds. The summed E-state index contributed by atoms with van der Waals surface area (Å²) < 4.78 is 14.2. The van der Waals surface area contributed by atoms with Crippen LogP contribution in [0.2, 0.25) is 0 Å². The van der Waals surface area contributed by atoms with Gasteiger partial charge in [-0.3, -0.25) is 4.79 Å². The van der Waals surface area contributed by atoms with Gasteiger partial charge in [-0.05, 0) is 57.1 Å². The van der Waals surface area contributed by atoms with Gasteiger partial charge in [-0.25, -0.2) is 9.97 Å². The predicted octanol–water partition coefficient (Wildman–Crippen LogP) is 3.28. The number of carbonyl (C=O) groups is 1. The van der Waals surface area contributed by atoms with Crippen molar-refractivity contribution in [2.75, 3.05) is 12.4 Å². The van der Waals surface area contributed by atoms with Crippen molar-refractivity contribution in [1.29, 1.82) is 0 Å². The van der Waals surface area contributed by atoms with Crippen molar-refractivity contribution in [3.05, 3.63) is 48.5 Å². The quantitative estimate of drug-likeness (QED) is 0.511. The minimum atomic E-state index is -0.570. The maximum Gasteiger partial charge on any atom is 0.242 e. The highest BCUT2D eigenvalue weighted by atomic mass is 16.5. The molecule has 154 valence electrons. The van der Waals surface area contributed by atoms with Gasteiger partial charge in [-0.15, -0.1) is 5.10 Å². The number of nitrogens with zero attached hydrogens (tertiary/aromatic N) is 4. The van der Waals surface area contributed by atoms with E-state index in [0.717, 1.165) is 22.2 Å². The first-order chi connectivity index (χ1) is 15.0. The molecule has 30 heavy (non-hydrogen) atoms. The Morgan fingerprint density at radius 3 is 2.63 bits per heavy atom. The number of fused-ring (bicyclic) bond motifs is 3. The highest BCUT2D eigenvalue weighted by Gasteiger charge is 2.19. The first-order valence-corrected chi connectivity index (χ1v) is 9.66. The number of benzene rings is 2. The van der Waals surface area contributed by atoms with Crippen LogP contribution in [0.1, 0.15) is 22.1 Å². The first-order valence-electron chi connectivity index (χ1n) is 10.4. The van der Waals surface area contributed by atoms with E-state index >= 15 is 0 Å². The average Bonchev–Trinajstić information content (AvgIpc) is 3.25. The second kappa shape index (κ2) is 7.98. The fourth-order valence-electron chi connectivity index (χ4n) is 3.14. The number of aromatic nitrogens is 4. The molecule has 2 heterocycles. The maximum absolute atomic E-state index is 12.5. The van der Waals surface area contributed by atoms with E-state index in [1.54, 1.807) is 25.5 Å². The third-order valence-electron chi connectivity index (χ3n) is 4.65. The lowest BCUT2D eigenvalue weighted by Gasteiger charge is -2.17. The summed E-state index contributed by atoms with van der Waals surface area (Å²) in [7, 11) is 1.62. The van der Waals surface area contributed by atoms with Crippen LogP contribution in [0.3, 0.4) is 0 Å². The molecule has 2 N–H and O–H groups in total. The normalized spacial score (nSPS) is 13.6. The van der Waals surface area contributed by atoms with Crippen LogP contribution in [0.4, 0.5) is 5.95 Å².